The maximum absolute atomic E-state index is 3.32. The number of aryl methyl sites for hydroxylation is 2. The topological polar surface area (TPSA) is 0 Å². The fourth-order valence-electron chi connectivity index (χ4n) is 2.93. The second-order valence-corrected chi connectivity index (χ2v) is 6.02. The number of allylic oxidation sites excluding steroid dienone is 8. The number of hydrogen-bond acceptors (Lipinski definition) is 0. The quantitative estimate of drug-likeness (QED) is 0.552. The Morgan fingerprint density at radius 2 is 1.00 bits per heavy atom. The average molecular weight is 473 g/mol. The zero-order chi connectivity index (χ0) is 16.8. The molecule has 0 radical (unpaired) electrons. The van der Waals surface area contributed by atoms with Crippen molar-refractivity contribution in [3.8, 4) is 0 Å². The van der Waals surface area contributed by atoms with Crippen molar-refractivity contribution in [2.24, 2.45) is 0 Å². The Hall–Kier alpha value is -1.14. The molecule has 2 aromatic carbocycles. The van der Waals surface area contributed by atoms with Crippen LogP contribution in [-0.4, -0.2) is 0 Å². The molecule has 0 nitrogen and oxygen atoms in total. The van der Waals surface area contributed by atoms with Crippen molar-refractivity contribution < 1.29 is 51.0 Å². The zero-order valence-corrected chi connectivity index (χ0v) is 19.6. The molecule has 0 fully saturated rings. The second-order valence-electron chi connectivity index (χ2n) is 6.02. The minimum absolute atomic E-state index is 0. The van der Waals surface area contributed by atoms with Crippen molar-refractivity contribution in [2.75, 3.05) is 0 Å². The Morgan fingerprint density at radius 1 is 0.630 bits per heavy atom. The maximum Gasteiger partial charge on any atom is 4.00 e. The van der Waals surface area contributed by atoms with E-state index in [0.717, 1.165) is 12.8 Å². The van der Waals surface area contributed by atoms with Gasteiger partial charge in [-0.25, -0.2) is 0 Å². The average Bonchev–Trinajstić information content (AvgIpc) is 3.30. The molecule has 0 saturated carbocycles. The molecule has 2 aliphatic rings. The van der Waals surface area contributed by atoms with Crippen LogP contribution in [0.3, 0.4) is 0 Å². The van der Waals surface area contributed by atoms with E-state index in [-0.39, 0.29) is 51.0 Å². The van der Waals surface area contributed by atoms with Crippen LogP contribution in [0, 0.1) is 26.0 Å². The van der Waals surface area contributed by atoms with Gasteiger partial charge in [-0.3, -0.25) is 0 Å². The van der Waals surface area contributed by atoms with Gasteiger partial charge in [-0.15, -0.1) is 35.4 Å². The normalized spacial score (nSPS) is 13.3. The third-order valence-electron chi connectivity index (χ3n) is 4.26. The molecule has 136 valence electrons. The molecule has 3 heteroatoms. The van der Waals surface area contributed by atoms with Crippen LogP contribution in [0.5, 0.6) is 0 Å². The Bertz CT molecular complexity index is 773. The van der Waals surface area contributed by atoms with Crippen LogP contribution in [0.25, 0.3) is 11.1 Å². The van der Waals surface area contributed by atoms with Crippen LogP contribution in [0.15, 0.2) is 72.8 Å². The molecule has 0 heterocycles. The Labute approximate surface area is 195 Å². The van der Waals surface area contributed by atoms with Crippen LogP contribution in [-0.2, 0) is 26.2 Å². The van der Waals surface area contributed by atoms with Gasteiger partial charge in [-0.05, 0) is 0 Å². The summed E-state index contributed by atoms with van der Waals surface area (Å²) in [6.45, 7) is 4.27. The van der Waals surface area contributed by atoms with Gasteiger partial charge < -0.3 is 24.8 Å². The Balaban J connectivity index is 0.000000451. The molecule has 0 N–H and O–H groups in total. The fraction of sp³-hybridized carbons (Fsp3) is 0.167. The van der Waals surface area contributed by atoms with Gasteiger partial charge in [0, 0.05) is 0 Å². The number of benzene rings is 2. The molecule has 0 aromatic heterocycles. The van der Waals surface area contributed by atoms with Gasteiger partial charge in [0.1, 0.15) is 0 Å². The van der Waals surface area contributed by atoms with Gasteiger partial charge >= 0.3 is 26.2 Å². The molecule has 2 aromatic rings. The molecular formula is C24H22Cl2Zr. The van der Waals surface area contributed by atoms with Crippen LogP contribution >= 0.6 is 0 Å². The maximum atomic E-state index is 3.32. The summed E-state index contributed by atoms with van der Waals surface area (Å²) >= 11 is 0. The van der Waals surface area contributed by atoms with Crippen LogP contribution in [0.4, 0.5) is 0 Å². The molecule has 0 saturated heterocycles. The zero-order valence-electron chi connectivity index (χ0n) is 15.6. The van der Waals surface area contributed by atoms with Crippen LogP contribution < -0.4 is 24.8 Å². The van der Waals surface area contributed by atoms with Gasteiger partial charge in [0.15, 0.2) is 0 Å². The largest absolute Gasteiger partial charge is 4.00 e. The third kappa shape index (κ3) is 7.07. The van der Waals surface area contributed by atoms with Gasteiger partial charge in [0.2, 0.25) is 0 Å². The van der Waals surface area contributed by atoms with Crippen molar-refractivity contribution >= 4 is 11.1 Å². The Kier molecular flexibility index (Phi) is 12.6. The summed E-state index contributed by atoms with van der Waals surface area (Å²) in [7, 11) is 0. The fourth-order valence-corrected chi connectivity index (χ4v) is 2.93. The first-order valence-electron chi connectivity index (χ1n) is 8.42. The summed E-state index contributed by atoms with van der Waals surface area (Å²) in [5, 5.41) is 0. The standard InChI is InChI=1S/2C12H11.2ClH.Zr/c2*1-10-6-2-5-9-12(10)11-7-3-4-8-11;;;/h2*2-3,5-7,9H,4H2,1H3;2*1H;/q2*-1;;;+4/p-2. The van der Waals surface area contributed by atoms with E-state index in [1.807, 2.05) is 0 Å². The molecule has 0 amide bonds. The van der Waals surface area contributed by atoms with Gasteiger partial charge in [0.05, 0.1) is 0 Å². The predicted molar refractivity (Wildman–Crippen MR) is 103 cm³/mol. The van der Waals surface area contributed by atoms with E-state index < -0.39 is 0 Å². The first-order chi connectivity index (χ1) is 11.8. The van der Waals surface area contributed by atoms with Crippen molar-refractivity contribution in [1.29, 1.82) is 0 Å². The van der Waals surface area contributed by atoms with E-state index in [1.165, 1.54) is 33.4 Å². The predicted octanol–water partition coefficient (Wildman–Crippen LogP) is 0.289. The van der Waals surface area contributed by atoms with Crippen molar-refractivity contribution in [3.05, 3.63) is 107 Å². The van der Waals surface area contributed by atoms with Crippen molar-refractivity contribution in [2.45, 2.75) is 26.7 Å². The van der Waals surface area contributed by atoms with E-state index in [2.05, 4.69) is 98.8 Å². The molecule has 0 bridgehead atoms. The van der Waals surface area contributed by atoms with Crippen molar-refractivity contribution in [1.82, 2.24) is 0 Å². The van der Waals surface area contributed by atoms with Crippen LogP contribution in [0.1, 0.15) is 35.1 Å². The number of halogens is 2. The molecule has 2 aliphatic carbocycles. The van der Waals surface area contributed by atoms with Gasteiger partial charge in [0.25, 0.3) is 0 Å². The summed E-state index contributed by atoms with van der Waals surface area (Å²) in [6, 6.07) is 16.8. The molecule has 0 unspecified atom stereocenters. The van der Waals surface area contributed by atoms with E-state index >= 15 is 0 Å². The summed E-state index contributed by atoms with van der Waals surface area (Å²) < 4.78 is 0. The molecule has 27 heavy (non-hydrogen) atoms. The number of rotatable bonds is 2. The SMILES string of the molecule is Cc1ccccc1C1=[C-]CC=C1.Cc1ccccc1C1=[C-]CC=C1.[Cl-].[Cl-].[Zr+4]. The van der Waals surface area contributed by atoms with Crippen LogP contribution in [0.2, 0.25) is 0 Å². The number of hydrogen-bond donors (Lipinski definition) is 0. The first kappa shape index (κ1) is 25.9. The molecule has 0 atom stereocenters. The summed E-state index contributed by atoms with van der Waals surface area (Å²) in [5.74, 6) is 0. The first-order valence-corrected chi connectivity index (χ1v) is 8.42. The van der Waals surface area contributed by atoms with E-state index in [0.29, 0.717) is 0 Å². The van der Waals surface area contributed by atoms with Gasteiger partial charge in [-0.2, -0.15) is 35.5 Å². The second kappa shape index (κ2) is 13.1. The van der Waals surface area contributed by atoms with Gasteiger partial charge in [-0.1, -0.05) is 74.2 Å². The van der Waals surface area contributed by atoms with E-state index in [4.69, 9.17) is 0 Å². The third-order valence-corrected chi connectivity index (χ3v) is 4.26. The Morgan fingerprint density at radius 3 is 1.30 bits per heavy atom. The summed E-state index contributed by atoms with van der Waals surface area (Å²) in [5.41, 5.74) is 7.76. The minimum Gasteiger partial charge on any atom is -1.00 e. The minimum atomic E-state index is 0. The molecule has 4 rings (SSSR count). The van der Waals surface area contributed by atoms with Crippen molar-refractivity contribution in [3.63, 3.8) is 0 Å². The van der Waals surface area contributed by atoms with E-state index in [1.54, 1.807) is 0 Å². The summed E-state index contributed by atoms with van der Waals surface area (Å²) in [6.07, 6.45) is 17.1. The smallest absolute Gasteiger partial charge is 1.00 e. The molecule has 0 spiro atoms. The molecule has 0 aliphatic heterocycles. The van der Waals surface area contributed by atoms with E-state index in [9.17, 15) is 0 Å². The summed E-state index contributed by atoms with van der Waals surface area (Å²) in [4.78, 5) is 0. The monoisotopic (exact) mass is 470 g/mol. The molecular weight excluding hydrogens is 450 g/mol.